The molecule has 1 unspecified atom stereocenters. The summed E-state index contributed by atoms with van der Waals surface area (Å²) >= 11 is 0. The Morgan fingerprint density at radius 1 is 1.31 bits per heavy atom. The number of anilines is 1. The summed E-state index contributed by atoms with van der Waals surface area (Å²) in [4.78, 5) is 18.5. The third-order valence-electron chi connectivity index (χ3n) is 4.69. The highest BCUT2D eigenvalue weighted by atomic mass is 19.1. The van der Waals surface area contributed by atoms with Crippen LogP contribution in [-0.2, 0) is 0 Å². The Bertz CT molecular complexity index is 987. The topological polar surface area (TPSA) is 62.5 Å². The monoisotopic (exact) mass is 357 g/mol. The third-order valence-corrected chi connectivity index (χ3v) is 4.69. The van der Waals surface area contributed by atoms with E-state index in [0.29, 0.717) is 35.6 Å². The van der Waals surface area contributed by atoms with E-state index < -0.39 is 11.6 Å². The van der Waals surface area contributed by atoms with Crippen molar-refractivity contribution in [3.8, 4) is 0 Å². The van der Waals surface area contributed by atoms with Crippen LogP contribution < -0.4 is 10.2 Å². The lowest BCUT2D eigenvalue weighted by molar-refractivity contribution is 0.0964. The van der Waals surface area contributed by atoms with Gasteiger partial charge in [-0.3, -0.25) is 4.79 Å². The molecule has 1 aliphatic rings. The summed E-state index contributed by atoms with van der Waals surface area (Å²) in [6, 6.07) is 4.98. The first-order chi connectivity index (χ1) is 12.6. The molecule has 1 amide bonds. The summed E-state index contributed by atoms with van der Waals surface area (Å²) in [5.41, 5.74) is 1.11. The lowest BCUT2D eigenvalue weighted by Gasteiger charge is -2.26. The number of carbonyl (C=O) groups is 1. The van der Waals surface area contributed by atoms with Crippen LogP contribution in [0.4, 0.5) is 14.6 Å². The molecule has 1 atom stereocenters. The first kappa shape index (κ1) is 16.4. The van der Waals surface area contributed by atoms with Gasteiger partial charge in [0.1, 0.15) is 23.0 Å². The van der Waals surface area contributed by atoms with Crippen LogP contribution in [0.2, 0.25) is 0 Å². The van der Waals surface area contributed by atoms with Gasteiger partial charge in [-0.15, -0.1) is 0 Å². The average Bonchev–Trinajstić information content (AvgIpc) is 3.29. The Balaban J connectivity index is 1.76. The van der Waals surface area contributed by atoms with Crippen molar-refractivity contribution in [1.82, 2.24) is 19.9 Å². The number of nitrogens with one attached hydrogen (secondary N) is 1. The van der Waals surface area contributed by atoms with E-state index in [2.05, 4.69) is 15.4 Å². The van der Waals surface area contributed by atoms with Crippen molar-refractivity contribution in [2.75, 3.05) is 18.5 Å². The molecule has 6 nitrogen and oxygen atoms in total. The van der Waals surface area contributed by atoms with Gasteiger partial charge in [-0.05, 0) is 37.1 Å². The van der Waals surface area contributed by atoms with Gasteiger partial charge in [0.25, 0.3) is 5.91 Å². The number of nitrogens with zero attached hydrogens (tertiary/aromatic N) is 4. The molecule has 2 aromatic heterocycles. The molecular weight excluding hydrogens is 340 g/mol. The molecule has 0 bridgehead atoms. The van der Waals surface area contributed by atoms with Crippen LogP contribution in [-0.4, -0.2) is 34.1 Å². The highest BCUT2D eigenvalue weighted by molar-refractivity contribution is 5.99. The number of hydrogen-bond acceptors (Lipinski definition) is 4. The van der Waals surface area contributed by atoms with Crippen molar-refractivity contribution in [1.29, 1.82) is 0 Å². The van der Waals surface area contributed by atoms with Crippen molar-refractivity contribution >= 4 is 17.4 Å². The summed E-state index contributed by atoms with van der Waals surface area (Å²) in [6.07, 6.45) is 4.71. The minimum atomic E-state index is -0.464. The van der Waals surface area contributed by atoms with Gasteiger partial charge in [0.2, 0.25) is 0 Å². The molecule has 26 heavy (non-hydrogen) atoms. The second-order valence-corrected chi connectivity index (χ2v) is 6.21. The third kappa shape index (κ3) is 2.67. The minimum absolute atomic E-state index is 0.279. The molecule has 1 fully saturated rings. The SMILES string of the molecule is CNC(=O)c1cnn2ccc(N3CCCC3c3cc(F)ccc3F)nc12. The number of carbonyl (C=O) groups excluding carboxylic acids is 1. The fourth-order valence-corrected chi connectivity index (χ4v) is 3.45. The molecule has 134 valence electrons. The predicted octanol–water partition coefficient (Wildman–Crippen LogP) is 2.71. The van der Waals surface area contributed by atoms with E-state index in [1.54, 1.807) is 19.3 Å². The van der Waals surface area contributed by atoms with Gasteiger partial charge in [-0.2, -0.15) is 5.10 Å². The second kappa shape index (κ2) is 6.36. The largest absolute Gasteiger partial charge is 0.355 e. The Kier molecular flexibility index (Phi) is 4.02. The van der Waals surface area contributed by atoms with Gasteiger partial charge in [0.05, 0.1) is 12.2 Å². The lowest BCUT2D eigenvalue weighted by atomic mass is 10.0. The van der Waals surface area contributed by atoms with Crippen molar-refractivity contribution < 1.29 is 13.6 Å². The molecule has 1 aliphatic heterocycles. The van der Waals surface area contributed by atoms with E-state index in [4.69, 9.17) is 0 Å². The zero-order valence-electron chi connectivity index (χ0n) is 14.1. The molecule has 0 spiro atoms. The molecule has 4 rings (SSSR count). The van der Waals surface area contributed by atoms with Crippen molar-refractivity contribution in [3.63, 3.8) is 0 Å². The second-order valence-electron chi connectivity index (χ2n) is 6.21. The number of aromatic nitrogens is 3. The van der Waals surface area contributed by atoms with E-state index in [-0.39, 0.29) is 11.9 Å². The Morgan fingerprint density at radius 3 is 2.96 bits per heavy atom. The molecule has 1 aromatic carbocycles. The van der Waals surface area contributed by atoms with Gasteiger partial charge in [0.15, 0.2) is 5.65 Å². The summed E-state index contributed by atoms with van der Waals surface area (Å²) in [5, 5.41) is 6.68. The lowest BCUT2D eigenvalue weighted by Crippen LogP contribution is -2.25. The minimum Gasteiger partial charge on any atom is -0.355 e. The van der Waals surface area contributed by atoms with Crippen molar-refractivity contribution in [2.24, 2.45) is 0 Å². The van der Waals surface area contributed by atoms with Gasteiger partial charge < -0.3 is 10.2 Å². The zero-order chi connectivity index (χ0) is 18.3. The molecule has 1 N–H and O–H groups in total. The zero-order valence-corrected chi connectivity index (χ0v) is 14.1. The number of hydrogen-bond donors (Lipinski definition) is 1. The van der Waals surface area contributed by atoms with Gasteiger partial charge in [-0.25, -0.2) is 18.3 Å². The van der Waals surface area contributed by atoms with Crippen LogP contribution in [0.15, 0.2) is 36.7 Å². The average molecular weight is 357 g/mol. The molecule has 1 saturated heterocycles. The number of benzene rings is 1. The maximum atomic E-state index is 14.2. The Morgan fingerprint density at radius 2 is 2.15 bits per heavy atom. The summed E-state index contributed by atoms with van der Waals surface area (Å²) in [5.74, 6) is -0.567. The van der Waals surface area contributed by atoms with Crippen LogP contribution in [0.5, 0.6) is 0 Å². The van der Waals surface area contributed by atoms with Crippen molar-refractivity contribution in [2.45, 2.75) is 18.9 Å². The van der Waals surface area contributed by atoms with Crippen LogP contribution in [0.3, 0.4) is 0 Å². The maximum absolute atomic E-state index is 14.2. The predicted molar refractivity (Wildman–Crippen MR) is 92.1 cm³/mol. The van der Waals surface area contributed by atoms with E-state index in [1.165, 1.54) is 16.8 Å². The standard InChI is InChI=1S/C18H17F2N5O/c1-21-18(26)13-10-22-25-8-6-16(23-17(13)25)24-7-2-3-15(24)12-9-11(19)4-5-14(12)20/h4-6,8-10,15H,2-3,7H2,1H3,(H,21,26). The first-order valence-electron chi connectivity index (χ1n) is 8.36. The van der Waals surface area contributed by atoms with E-state index >= 15 is 0 Å². The highest BCUT2D eigenvalue weighted by Gasteiger charge is 2.30. The number of halogens is 2. The first-order valence-corrected chi connectivity index (χ1v) is 8.36. The Labute approximate surface area is 148 Å². The smallest absolute Gasteiger partial charge is 0.256 e. The van der Waals surface area contributed by atoms with Crippen LogP contribution in [0.1, 0.15) is 34.8 Å². The number of rotatable bonds is 3. The molecule has 0 radical (unpaired) electrons. The van der Waals surface area contributed by atoms with E-state index in [0.717, 1.165) is 18.6 Å². The molecular formula is C18H17F2N5O. The number of amides is 1. The Hall–Kier alpha value is -3.03. The van der Waals surface area contributed by atoms with Gasteiger partial charge in [0, 0.05) is 25.4 Å². The van der Waals surface area contributed by atoms with E-state index in [1.807, 2.05) is 4.90 Å². The highest BCUT2D eigenvalue weighted by Crippen LogP contribution is 2.36. The van der Waals surface area contributed by atoms with Crippen molar-refractivity contribution in [3.05, 3.63) is 59.4 Å². The summed E-state index contributed by atoms with van der Waals surface area (Å²) in [6.45, 7) is 0.674. The number of fused-ring (bicyclic) bond motifs is 1. The fraction of sp³-hybridized carbons (Fsp3) is 0.278. The maximum Gasteiger partial charge on any atom is 0.256 e. The summed E-state index contributed by atoms with van der Waals surface area (Å²) in [7, 11) is 1.54. The molecule has 8 heteroatoms. The molecule has 0 aliphatic carbocycles. The van der Waals surface area contributed by atoms with Crippen LogP contribution in [0, 0.1) is 11.6 Å². The van der Waals surface area contributed by atoms with E-state index in [9.17, 15) is 13.6 Å². The summed E-state index contributed by atoms with van der Waals surface area (Å²) < 4.78 is 29.4. The molecule has 3 heterocycles. The normalized spacial score (nSPS) is 17.0. The van der Waals surface area contributed by atoms with Gasteiger partial charge in [-0.1, -0.05) is 0 Å². The fourth-order valence-electron chi connectivity index (χ4n) is 3.45. The molecule has 0 saturated carbocycles. The molecule has 3 aromatic rings. The van der Waals surface area contributed by atoms with Crippen LogP contribution in [0.25, 0.3) is 5.65 Å². The quantitative estimate of drug-likeness (QED) is 0.783. The van der Waals surface area contributed by atoms with Crippen LogP contribution >= 0.6 is 0 Å². The van der Waals surface area contributed by atoms with Gasteiger partial charge >= 0.3 is 0 Å².